The van der Waals surface area contributed by atoms with E-state index >= 15 is 0 Å². The van der Waals surface area contributed by atoms with Crippen LogP contribution in [-0.4, -0.2) is 52.2 Å². The number of aliphatic hydroxyl groups excluding tert-OH is 1. The van der Waals surface area contributed by atoms with Crippen LogP contribution in [0.3, 0.4) is 0 Å². The molecule has 0 aromatic carbocycles. The Labute approximate surface area is 233 Å². The van der Waals surface area contributed by atoms with Gasteiger partial charge in [-0.25, -0.2) is 9.59 Å². The zero-order valence-corrected chi connectivity index (χ0v) is 24.4. The summed E-state index contributed by atoms with van der Waals surface area (Å²) < 4.78 is 11.6. The summed E-state index contributed by atoms with van der Waals surface area (Å²) in [5, 5.41) is 26.2. The van der Waals surface area contributed by atoms with Crippen molar-refractivity contribution < 1.29 is 29.3 Å². The third kappa shape index (κ3) is 4.86. The number of allylic oxidation sites excluding steroid dienone is 2. The number of nitrogens with one attached hydrogen (secondary N) is 1. The van der Waals surface area contributed by atoms with Gasteiger partial charge < -0.3 is 25.0 Å². The Balaban J connectivity index is 1.42. The molecule has 0 bridgehead atoms. The lowest BCUT2D eigenvalue weighted by atomic mass is 9.53. The molecule has 7 heteroatoms. The number of carbonyl (C=O) groups is 2. The number of hydrogen-bond donors (Lipinski definition) is 3. The average Bonchev–Trinajstić information content (AvgIpc) is 3.16. The average molecular weight is 544 g/mol. The van der Waals surface area contributed by atoms with E-state index < -0.39 is 29.7 Å². The second kappa shape index (κ2) is 10.5. The number of esters is 1. The van der Waals surface area contributed by atoms with Crippen molar-refractivity contribution in [3.05, 3.63) is 23.8 Å². The van der Waals surface area contributed by atoms with E-state index in [0.29, 0.717) is 17.9 Å². The number of carbonyl (C=O) groups excluding carboxylic acids is 2. The molecule has 218 valence electrons. The SMILES string of the molecule is C=C1C2CC3C(C(C)C)C(OC(=O)NC4CCCCC4)CC3(C)CC2/C(C)=C\CC2C(C)OC(=O)C(O)C12O. The van der Waals surface area contributed by atoms with Crippen molar-refractivity contribution in [1.82, 2.24) is 5.32 Å². The topological polar surface area (TPSA) is 105 Å². The summed E-state index contributed by atoms with van der Waals surface area (Å²) in [4.78, 5) is 25.6. The first-order chi connectivity index (χ1) is 18.4. The molecule has 5 rings (SSSR count). The van der Waals surface area contributed by atoms with Crippen LogP contribution in [0.25, 0.3) is 0 Å². The smallest absolute Gasteiger partial charge is 0.407 e. The summed E-state index contributed by atoms with van der Waals surface area (Å²) in [6.07, 6.45) is 8.14. The Hall–Kier alpha value is -1.86. The largest absolute Gasteiger partial charge is 0.460 e. The second-order valence-electron chi connectivity index (χ2n) is 14.0. The monoisotopic (exact) mass is 543 g/mol. The molecule has 3 N–H and O–H groups in total. The molecule has 4 fully saturated rings. The van der Waals surface area contributed by atoms with Gasteiger partial charge in [-0.3, -0.25) is 0 Å². The van der Waals surface area contributed by atoms with E-state index in [0.717, 1.165) is 44.9 Å². The van der Waals surface area contributed by atoms with E-state index in [1.165, 1.54) is 12.0 Å². The molecule has 0 aromatic heterocycles. The number of cyclic esters (lactones) is 1. The predicted molar refractivity (Wildman–Crippen MR) is 149 cm³/mol. The molecule has 0 radical (unpaired) electrons. The maximum atomic E-state index is 13.0. The maximum Gasteiger partial charge on any atom is 0.407 e. The zero-order chi connectivity index (χ0) is 28.3. The fourth-order valence-electron chi connectivity index (χ4n) is 9.31. The highest BCUT2D eigenvalue weighted by Crippen LogP contribution is 2.63. The molecule has 10 atom stereocenters. The van der Waals surface area contributed by atoms with Crippen molar-refractivity contribution in [1.29, 1.82) is 0 Å². The molecule has 1 amide bonds. The van der Waals surface area contributed by atoms with Gasteiger partial charge in [-0.1, -0.05) is 58.3 Å². The molecule has 5 aliphatic rings. The standard InChI is InChI=1S/C32H49NO6/c1-17(2)27-25-14-22-19(4)32(37)24(20(5)38-29(35)28(32)34)13-12-18(3)23(22)15-31(25,6)16-26(27)39-30(36)33-21-10-8-7-9-11-21/h12,17,20-28,34,37H,4,7-11,13-16H2,1-3,5-6H3,(H,33,36)/b18-12-. The summed E-state index contributed by atoms with van der Waals surface area (Å²) in [5.74, 6) is -0.415. The quantitative estimate of drug-likeness (QED) is 0.330. The van der Waals surface area contributed by atoms with Gasteiger partial charge in [0.05, 0.1) is 0 Å². The summed E-state index contributed by atoms with van der Waals surface area (Å²) in [7, 11) is 0. The lowest BCUT2D eigenvalue weighted by molar-refractivity contribution is -0.209. The van der Waals surface area contributed by atoms with E-state index in [4.69, 9.17) is 9.47 Å². The first kappa shape index (κ1) is 28.7. The van der Waals surface area contributed by atoms with Crippen LogP contribution in [0.1, 0.15) is 92.4 Å². The van der Waals surface area contributed by atoms with E-state index in [2.05, 4.69) is 45.7 Å². The van der Waals surface area contributed by atoms with Crippen LogP contribution in [0.4, 0.5) is 4.79 Å². The van der Waals surface area contributed by atoms with Gasteiger partial charge in [-0.05, 0) is 87.0 Å². The predicted octanol–water partition coefficient (Wildman–Crippen LogP) is 5.30. The maximum absolute atomic E-state index is 13.0. The van der Waals surface area contributed by atoms with Crippen molar-refractivity contribution >= 4 is 12.1 Å². The van der Waals surface area contributed by atoms with Gasteiger partial charge in [-0.2, -0.15) is 0 Å². The Morgan fingerprint density at radius 3 is 2.54 bits per heavy atom. The molecule has 1 saturated heterocycles. The Kier molecular flexibility index (Phi) is 7.73. The molecule has 10 unspecified atom stereocenters. The van der Waals surface area contributed by atoms with Gasteiger partial charge in [0.1, 0.15) is 17.8 Å². The third-order valence-electron chi connectivity index (χ3n) is 11.4. The highest BCUT2D eigenvalue weighted by molar-refractivity contribution is 5.78. The highest BCUT2D eigenvalue weighted by atomic mass is 16.6. The molecular formula is C32H49NO6. The Bertz CT molecular complexity index is 1020. The van der Waals surface area contributed by atoms with E-state index in [1.54, 1.807) is 6.92 Å². The number of alkyl carbamates (subject to hydrolysis) is 1. The molecule has 4 aliphatic carbocycles. The summed E-state index contributed by atoms with van der Waals surface area (Å²) in [6, 6.07) is 0.208. The molecule has 7 nitrogen and oxygen atoms in total. The Morgan fingerprint density at radius 1 is 1.18 bits per heavy atom. The summed E-state index contributed by atoms with van der Waals surface area (Å²) >= 11 is 0. The van der Waals surface area contributed by atoms with Crippen LogP contribution in [0.5, 0.6) is 0 Å². The van der Waals surface area contributed by atoms with Crippen molar-refractivity contribution in [2.75, 3.05) is 0 Å². The fourth-order valence-corrected chi connectivity index (χ4v) is 9.31. The second-order valence-corrected chi connectivity index (χ2v) is 14.0. The number of aliphatic hydroxyl groups is 2. The molecule has 1 heterocycles. The van der Waals surface area contributed by atoms with Crippen molar-refractivity contribution in [2.24, 2.45) is 40.9 Å². The first-order valence-corrected chi connectivity index (χ1v) is 15.3. The molecule has 3 saturated carbocycles. The van der Waals surface area contributed by atoms with E-state index in [9.17, 15) is 19.8 Å². The minimum Gasteiger partial charge on any atom is -0.460 e. The number of amides is 1. The van der Waals surface area contributed by atoms with Gasteiger partial charge in [0.2, 0.25) is 0 Å². The lowest BCUT2D eigenvalue weighted by Crippen LogP contribution is -2.63. The van der Waals surface area contributed by atoms with Gasteiger partial charge in [0, 0.05) is 17.9 Å². The van der Waals surface area contributed by atoms with Crippen molar-refractivity contribution in [2.45, 2.75) is 122 Å². The van der Waals surface area contributed by atoms with Crippen LogP contribution >= 0.6 is 0 Å². The van der Waals surface area contributed by atoms with Gasteiger partial charge >= 0.3 is 12.1 Å². The van der Waals surface area contributed by atoms with Gasteiger partial charge in [-0.15, -0.1) is 0 Å². The van der Waals surface area contributed by atoms with Crippen LogP contribution in [-0.2, 0) is 14.3 Å². The van der Waals surface area contributed by atoms with Gasteiger partial charge in [0.15, 0.2) is 6.10 Å². The van der Waals surface area contributed by atoms with Crippen LogP contribution in [0.2, 0.25) is 0 Å². The fraction of sp³-hybridized carbons (Fsp3) is 0.812. The molecule has 0 spiro atoms. The van der Waals surface area contributed by atoms with Crippen LogP contribution in [0.15, 0.2) is 23.8 Å². The number of rotatable bonds is 3. The summed E-state index contributed by atoms with van der Waals surface area (Å²) in [6.45, 7) is 15.1. The minimum atomic E-state index is -1.73. The number of hydrogen-bond acceptors (Lipinski definition) is 6. The Morgan fingerprint density at radius 2 is 1.87 bits per heavy atom. The third-order valence-corrected chi connectivity index (χ3v) is 11.4. The normalized spacial score (nSPS) is 46.1. The molecular weight excluding hydrogens is 494 g/mol. The highest BCUT2D eigenvalue weighted by Gasteiger charge is 2.62. The van der Waals surface area contributed by atoms with Gasteiger partial charge in [0.25, 0.3) is 0 Å². The van der Waals surface area contributed by atoms with Crippen LogP contribution < -0.4 is 5.32 Å². The number of fused-ring (bicyclic) bond motifs is 3. The van der Waals surface area contributed by atoms with E-state index in [1.807, 2.05) is 0 Å². The molecule has 0 aromatic rings. The molecule has 1 aliphatic heterocycles. The van der Waals surface area contributed by atoms with Crippen LogP contribution in [0, 0.1) is 40.9 Å². The van der Waals surface area contributed by atoms with Crippen molar-refractivity contribution in [3.63, 3.8) is 0 Å². The summed E-state index contributed by atoms with van der Waals surface area (Å²) in [5.41, 5.74) is 0.0661. The molecule has 39 heavy (non-hydrogen) atoms. The number of ether oxygens (including phenoxy) is 2. The minimum absolute atomic E-state index is 0.0279. The van der Waals surface area contributed by atoms with E-state index in [-0.39, 0.29) is 47.3 Å². The van der Waals surface area contributed by atoms with Crippen molar-refractivity contribution in [3.8, 4) is 0 Å². The lowest BCUT2D eigenvalue weighted by Gasteiger charge is -2.54. The zero-order valence-electron chi connectivity index (χ0n) is 24.4. The first-order valence-electron chi connectivity index (χ1n) is 15.3.